The number of nitrogens with one attached hydrogen (secondary N) is 1. The number of nitrogens with zero attached hydrogens (tertiary/aromatic N) is 2. The van der Waals surface area contributed by atoms with Crippen LogP contribution in [0.25, 0.3) is 0 Å². The molecule has 3 N–H and O–H groups in total. The zero-order valence-electron chi connectivity index (χ0n) is 11.0. The van der Waals surface area contributed by atoms with Gasteiger partial charge in [-0.25, -0.2) is 22.5 Å². The standard InChI is InChI=1S/C12H14ClFN4O2S/c13-9-6-10(14)11(15)7-12(9)21(19,20)17-2-1-4-18-5-3-16-8-18/h3,5-8,17H,1-2,4,15H2. The molecule has 0 saturated carbocycles. The van der Waals surface area contributed by atoms with Gasteiger partial charge in [-0.1, -0.05) is 11.6 Å². The quantitative estimate of drug-likeness (QED) is 0.621. The molecule has 0 spiro atoms. The highest BCUT2D eigenvalue weighted by atomic mass is 35.5. The summed E-state index contributed by atoms with van der Waals surface area (Å²) in [5, 5.41) is -0.205. The lowest BCUT2D eigenvalue weighted by Crippen LogP contribution is -2.26. The van der Waals surface area contributed by atoms with Crippen molar-refractivity contribution in [1.82, 2.24) is 14.3 Å². The largest absolute Gasteiger partial charge is 0.396 e. The van der Waals surface area contributed by atoms with Gasteiger partial charge in [0.15, 0.2) is 0 Å². The van der Waals surface area contributed by atoms with Crippen molar-refractivity contribution in [2.75, 3.05) is 12.3 Å². The summed E-state index contributed by atoms with van der Waals surface area (Å²) in [6.07, 6.45) is 5.65. The molecule has 2 rings (SSSR count). The lowest BCUT2D eigenvalue weighted by atomic mass is 10.3. The first kappa shape index (κ1) is 15.7. The molecule has 6 nitrogen and oxygen atoms in total. The Morgan fingerprint density at radius 1 is 1.43 bits per heavy atom. The van der Waals surface area contributed by atoms with E-state index < -0.39 is 15.8 Å². The summed E-state index contributed by atoms with van der Waals surface area (Å²) >= 11 is 5.75. The van der Waals surface area contributed by atoms with Gasteiger partial charge in [-0.15, -0.1) is 0 Å². The van der Waals surface area contributed by atoms with E-state index >= 15 is 0 Å². The smallest absolute Gasteiger partial charge is 0.242 e. The summed E-state index contributed by atoms with van der Waals surface area (Å²) in [6, 6.07) is 1.90. The average molecular weight is 333 g/mol. The molecular formula is C12H14ClFN4O2S. The normalized spacial score (nSPS) is 11.7. The van der Waals surface area contributed by atoms with Crippen LogP contribution in [0, 0.1) is 5.82 Å². The lowest BCUT2D eigenvalue weighted by Gasteiger charge is -2.10. The highest BCUT2D eigenvalue weighted by molar-refractivity contribution is 7.89. The van der Waals surface area contributed by atoms with Crippen LogP contribution >= 0.6 is 11.6 Å². The maximum absolute atomic E-state index is 13.2. The second-order valence-corrected chi connectivity index (χ2v) is 6.50. The minimum atomic E-state index is -3.82. The van der Waals surface area contributed by atoms with Gasteiger partial charge in [-0.3, -0.25) is 0 Å². The van der Waals surface area contributed by atoms with Gasteiger partial charge in [0.25, 0.3) is 0 Å². The Hall–Kier alpha value is -1.64. The minimum absolute atomic E-state index is 0.205. The molecule has 1 heterocycles. The number of imidazole rings is 1. The molecule has 0 aliphatic rings. The second-order valence-electron chi connectivity index (χ2n) is 4.36. The number of nitrogens with two attached hydrogens (primary N) is 1. The van der Waals surface area contributed by atoms with Crippen LogP contribution in [0.5, 0.6) is 0 Å². The van der Waals surface area contributed by atoms with Crippen LogP contribution in [-0.4, -0.2) is 24.5 Å². The Bertz CT molecular complexity index is 719. The first-order valence-corrected chi connectivity index (χ1v) is 7.96. The van der Waals surface area contributed by atoms with Gasteiger partial charge in [0.1, 0.15) is 10.7 Å². The third-order valence-electron chi connectivity index (χ3n) is 2.79. The van der Waals surface area contributed by atoms with E-state index in [0.717, 1.165) is 12.1 Å². The summed E-state index contributed by atoms with van der Waals surface area (Å²) in [7, 11) is -3.82. The zero-order valence-corrected chi connectivity index (χ0v) is 12.5. The SMILES string of the molecule is Nc1cc(S(=O)(=O)NCCCn2ccnc2)c(Cl)cc1F. The Labute approximate surface area is 126 Å². The number of hydrogen-bond acceptors (Lipinski definition) is 4. The highest BCUT2D eigenvalue weighted by Crippen LogP contribution is 2.26. The predicted octanol–water partition coefficient (Wildman–Crippen LogP) is 1.63. The molecule has 0 bridgehead atoms. The Kier molecular flexibility index (Phi) is 4.81. The number of hydrogen-bond donors (Lipinski definition) is 2. The van der Waals surface area contributed by atoms with Gasteiger partial charge in [-0.2, -0.15) is 0 Å². The number of rotatable bonds is 6. The predicted molar refractivity (Wildman–Crippen MR) is 77.9 cm³/mol. The van der Waals surface area contributed by atoms with Gasteiger partial charge in [0.2, 0.25) is 10.0 Å². The molecule has 0 unspecified atom stereocenters. The summed E-state index contributed by atoms with van der Waals surface area (Å²) < 4.78 is 41.6. The molecule has 21 heavy (non-hydrogen) atoms. The highest BCUT2D eigenvalue weighted by Gasteiger charge is 2.19. The molecule has 0 amide bonds. The fourth-order valence-electron chi connectivity index (χ4n) is 1.72. The molecular weight excluding hydrogens is 319 g/mol. The summed E-state index contributed by atoms with van der Waals surface area (Å²) in [5.74, 6) is -0.751. The Morgan fingerprint density at radius 3 is 2.86 bits per heavy atom. The fraction of sp³-hybridized carbons (Fsp3) is 0.250. The topological polar surface area (TPSA) is 90.0 Å². The third kappa shape index (κ3) is 3.93. The average Bonchev–Trinajstić information content (AvgIpc) is 2.92. The molecule has 0 atom stereocenters. The molecule has 0 aliphatic heterocycles. The monoisotopic (exact) mass is 332 g/mol. The molecule has 0 fully saturated rings. The van der Waals surface area contributed by atoms with Crippen LogP contribution in [0.2, 0.25) is 5.02 Å². The molecule has 0 saturated heterocycles. The molecule has 1 aromatic carbocycles. The maximum atomic E-state index is 13.2. The van der Waals surface area contributed by atoms with Gasteiger partial charge in [0.05, 0.1) is 17.0 Å². The Morgan fingerprint density at radius 2 is 2.19 bits per heavy atom. The van der Waals surface area contributed by atoms with Crippen molar-refractivity contribution in [2.24, 2.45) is 0 Å². The van der Waals surface area contributed by atoms with E-state index in [1.54, 1.807) is 18.7 Å². The van der Waals surface area contributed by atoms with Gasteiger partial charge >= 0.3 is 0 Å². The molecule has 0 aliphatic carbocycles. The van der Waals surface area contributed by atoms with Crippen LogP contribution in [-0.2, 0) is 16.6 Å². The van der Waals surface area contributed by atoms with Gasteiger partial charge < -0.3 is 10.3 Å². The first-order valence-electron chi connectivity index (χ1n) is 6.10. The van der Waals surface area contributed by atoms with Crippen molar-refractivity contribution in [2.45, 2.75) is 17.9 Å². The van der Waals surface area contributed by atoms with E-state index in [-0.39, 0.29) is 22.2 Å². The van der Waals surface area contributed by atoms with E-state index in [1.807, 2.05) is 4.57 Å². The second kappa shape index (κ2) is 6.42. The number of anilines is 1. The number of nitrogen functional groups attached to an aromatic ring is 1. The van der Waals surface area contributed by atoms with Gasteiger partial charge in [0, 0.05) is 25.5 Å². The van der Waals surface area contributed by atoms with Crippen molar-refractivity contribution in [3.05, 3.63) is 41.7 Å². The minimum Gasteiger partial charge on any atom is -0.396 e. The fourth-order valence-corrected chi connectivity index (χ4v) is 3.34. The number of halogens is 2. The molecule has 0 radical (unpaired) electrons. The number of aryl methyl sites for hydroxylation is 1. The molecule has 114 valence electrons. The van der Waals surface area contributed by atoms with E-state index in [0.29, 0.717) is 13.0 Å². The molecule has 2 aromatic rings. The first-order chi connectivity index (χ1) is 9.90. The van der Waals surface area contributed by atoms with Gasteiger partial charge in [-0.05, 0) is 18.6 Å². The van der Waals surface area contributed by atoms with Crippen molar-refractivity contribution >= 4 is 27.3 Å². The van der Waals surface area contributed by atoms with Crippen LogP contribution < -0.4 is 10.5 Å². The van der Waals surface area contributed by atoms with Crippen molar-refractivity contribution in [1.29, 1.82) is 0 Å². The number of aromatic nitrogens is 2. The van der Waals surface area contributed by atoms with Crippen LogP contribution in [0.3, 0.4) is 0 Å². The van der Waals surface area contributed by atoms with Crippen molar-refractivity contribution < 1.29 is 12.8 Å². The third-order valence-corrected chi connectivity index (χ3v) is 4.71. The van der Waals surface area contributed by atoms with Crippen LogP contribution in [0.15, 0.2) is 35.7 Å². The summed E-state index contributed by atoms with van der Waals surface area (Å²) in [6.45, 7) is 0.843. The van der Waals surface area contributed by atoms with Crippen LogP contribution in [0.4, 0.5) is 10.1 Å². The molecule has 1 aromatic heterocycles. The van der Waals surface area contributed by atoms with Crippen molar-refractivity contribution in [3.63, 3.8) is 0 Å². The summed E-state index contributed by atoms with van der Waals surface area (Å²) in [4.78, 5) is 3.65. The van der Waals surface area contributed by atoms with E-state index in [1.165, 1.54) is 0 Å². The van der Waals surface area contributed by atoms with Crippen LogP contribution in [0.1, 0.15) is 6.42 Å². The maximum Gasteiger partial charge on any atom is 0.242 e. The lowest BCUT2D eigenvalue weighted by molar-refractivity contribution is 0.569. The summed E-state index contributed by atoms with van der Waals surface area (Å²) in [5.41, 5.74) is 5.10. The van der Waals surface area contributed by atoms with E-state index in [4.69, 9.17) is 17.3 Å². The van der Waals surface area contributed by atoms with E-state index in [2.05, 4.69) is 9.71 Å². The number of benzene rings is 1. The van der Waals surface area contributed by atoms with E-state index in [9.17, 15) is 12.8 Å². The number of sulfonamides is 1. The Balaban J connectivity index is 2.00. The van der Waals surface area contributed by atoms with Crippen molar-refractivity contribution in [3.8, 4) is 0 Å². The zero-order chi connectivity index (χ0) is 15.5. The molecule has 9 heteroatoms.